The normalized spacial score (nSPS) is 10.6. The Labute approximate surface area is 119 Å². The zero-order chi connectivity index (χ0) is 15.4. The minimum Gasteiger partial charge on any atom is -0.461 e. The topological polar surface area (TPSA) is 98.0 Å². The number of benzene rings is 1. The molecule has 0 amide bonds. The summed E-state index contributed by atoms with van der Waals surface area (Å²) < 4.78 is 32.1. The molecule has 4 N–H and O–H groups in total. The molecule has 0 radical (unpaired) electrons. The van der Waals surface area contributed by atoms with E-state index in [9.17, 15) is 8.78 Å². The first-order chi connectivity index (χ1) is 9.99. The standard InChI is InChI=1S/C12H14F2N6O/c1-6(2)21-12-18-10(17-11(19-12)20-15)16-8-5-3-4-7(13)9(8)14/h3-6H,15H2,1-2H3,(H2,16,17,18,19,20). The molecule has 21 heavy (non-hydrogen) atoms. The second kappa shape index (κ2) is 6.27. The molecule has 2 rings (SSSR count). The summed E-state index contributed by atoms with van der Waals surface area (Å²) in [5, 5.41) is 2.55. The summed E-state index contributed by atoms with van der Waals surface area (Å²) in [4.78, 5) is 11.7. The van der Waals surface area contributed by atoms with Gasteiger partial charge in [-0.15, -0.1) is 0 Å². The van der Waals surface area contributed by atoms with Crippen molar-refractivity contribution in [2.24, 2.45) is 5.84 Å². The molecular formula is C12H14F2N6O. The third-order valence-electron chi connectivity index (χ3n) is 2.28. The van der Waals surface area contributed by atoms with Crippen LogP contribution in [0.15, 0.2) is 18.2 Å². The van der Waals surface area contributed by atoms with Crippen molar-refractivity contribution in [3.63, 3.8) is 0 Å². The molecule has 0 aliphatic heterocycles. The van der Waals surface area contributed by atoms with Gasteiger partial charge in [-0.3, -0.25) is 5.43 Å². The molecule has 1 aromatic carbocycles. The Balaban J connectivity index is 2.32. The van der Waals surface area contributed by atoms with E-state index in [0.717, 1.165) is 6.07 Å². The van der Waals surface area contributed by atoms with Gasteiger partial charge in [0.05, 0.1) is 11.8 Å². The van der Waals surface area contributed by atoms with Crippen molar-refractivity contribution >= 4 is 17.6 Å². The van der Waals surface area contributed by atoms with Crippen LogP contribution >= 0.6 is 0 Å². The number of nitrogen functional groups attached to an aromatic ring is 1. The Hall–Kier alpha value is -2.55. The molecule has 0 saturated heterocycles. The van der Waals surface area contributed by atoms with Crippen LogP contribution in [0.1, 0.15) is 13.8 Å². The van der Waals surface area contributed by atoms with Gasteiger partial charge in [-0.25, -0.2) is 14.6 Å². The predicted molar refractivity (Wildman–Crippen MR) is 73.0 cm³/mol. The Kier molecular flexibility index (Phi) is 4.43. The summed E-state index contributed by atoms with van der Waals surface area (Å²) in [5.41, 5.74) is 2.13. The number of hydrogen-bond donors (Lipinski definition) is 3. The number of hydrogen-bond acceptors (Lipinski definition) is 7. The van der Waals surface area contributed by atoms with Crippen molar-refractivity contribution in [1.29, 1.82) is 0 Å². The maximum atomic E-state index is 13.6. The molecule has 0 fully saturated rings. The van der Waals surface area contributed by atoms with Crippen molar-refractivity contribution in [3.8, 4) is 6.01 Å². The smallest absolute Gasteiger partial charge is 0.323 e. The molecule has 9 heteroatoms. The number of halogens is 2. The molecule has 1 aromatic heterocycles. The molecule has 0 aliphatic rings. The molecule has 1 heterocycles. The summed E-state index contributed by atoms with van der Waals surface area (Å²) in [6.07, 6.45) is -0.170. The first-order valence-electron chi connectivity index (χ1n) is 6.10. The fourth-order valence-electron chi connectivity index (χ4n) is 1.46. The molecule has 0 atom stereocenters. The SMILES string of the molecule is CC(C)Oc1nc(NN)nc(Nc2cccc(F)c2F)n1. The van der Waals surface area contributed by atoms with Gasteiger partial charge in [0.1, 0.15) is 0 Å². The van der Waals surface area contributed by atoms with E-state index in [-0.39, 0.29) is 29.7 Å². The summed E-state index contributed by atoms with van der Waals surface area (Å²) in [6.45, 7) is 3.58. The second-order valence-electron chi connectivity index (χ2n) is 4.30. The van der Waals surface area contributed by atoms with Gasteiger partial charge in [0, 0.05) is 0 Å². The number of rotatable bonds is 5. The van der Waals surface area contributed by atoms with Crippen LogP contribution in [0, 0.1) is 11.6 Å². The molecule has 0 saturated carbocycles. The van der Waals surface area contributed by atoms with Gasteiger partial charge < -0.3 is 10.1 Å². The average Bonchev–Trinajstić information content (AvgIpc) is 2.43. The van der Waals surface area contributed by atoms with Gasteiger partial charge in [0.2, 0.25) is 11.9 Å². The van der Waals surface area contributed by atoms with Crippen molar-refractivity contribution < 1.29 is 13.5 Å². The average molecular weight is 296 g/mol. The minimum atomic E-state index is -1.04. The number of ether oxygens (including phenoxy) is 1. The van der Waals surface area contributed by atoms with E-state index >= 15 is 0 Å². The van der Waals surface area contributed by atoms with E-state index < -0.39 is 11.6 Å². The van der Waals surface area contributed by atoms with Crippen molar-refractivity contribution in [3.05, 3.63) is 29.8 Å². The van der Waals surface area contributed by atoms with E-state index in [4.69, 9.17) is 10.6 Å². The van der Waals surface area contributed by atoms with E-state index in [1.165, 1.54) is 12.1 Å². The monoisotopic (exact) mass is 296 g/mol. The van der Waals surface area contributed by atoms with E-state index in [2.05, 4.69) is 25.7 Å². The van der Waals surface area contributed by atoms with Gasteiger partial charge >= 0.3 is 6.01 Å². The van der Waals surface area contributed by atoms with Gasteiger partial charge in [-0.2, -0.15) is 15.0 Å². The quantitative estimate of drug-likeness (QED) is 0.573. The summed E-state index contributed by atoms with van der Waals surface area (Å²) >= 11 is 0. The van der Waals surface area contributed by atoms with Gasteiger partial charge in [0.25, 0.3) is 0 Å². The van der Waals surface area contributed by atoms with Crippen molar-refractivity contribution in [1.82, 2.24) is 15.0 Å². The molecule has 7 nitrogen and oxygen atoms in total. The molecule has 0 aliphatic carbocycles. The minimum absolute atomic E-state index is 0.00672. The van der Waals surface area contributed by atoms with Crippen LogP contribution in [0.3, 0.4) is 0 Å². The molecule has 0 spiro atoms. The Morgan fingerprint density at radius 1 is 1.14 bits per heavy atom. The fourth-order valence-corrected chi connectivity index (χ4v) is 1.46. The first-order valence-corrected chi connectivity index (χ1v) is 6.10. The highest BCUT2D eigenvalue weighted by Gasteiger charge is 2.12. The third kappa shape index (κ3) is 3.72. The van der Waals surface area contributed by atoms with Crippen LogP contribution < -0.4 is 21.3 Å². The van der Waals surface area contributed by atoms with Gasteiger partial charge in [-0.05, 0) is 26.0 Å². The largest absolute Gasteiger partial charge is 0.461 e. The first kappa shape index (κ1) is 14.9. The molecule has 2 aromatic rings. The molecule has 112 valence electrons. The fraction of sp³-hybridized carbons (Fsp3) is 0.250. The highest BCUT2D eigenvalue weighted by molar-refractivity contribution is 5.55. The zero-order valence-corrected chi connectivity index (χ0v) is 11.4. The van der Waals surface area contributed by atoms with Crippen LogP contribution in [0.5, 0.6) is 6.01 Å². The van der Waals surface area contributed by atoms with Crippen LogP contribution in [-0.2, 0) is 0 Å². The van der Waals surface area contributed by atoms with Crippen LogP contribution in [0.4, 0.5) is 26.4 Å². The van der Waals surface area contributed by atoms with Crippen molar-refractivity contribution in [2.75, 3.05) is 10.7 Å². The van der Waals surface area contributed by atoms with E-state index in [1.807, 2.05) is 0 Å². The molecule has 0 bridgehead atoms. The molecule has 0 unspecified atom stereocenters. The maximum absolute atomic E-state index is 13.6. The number of nitrogens with two attached hydrogens (primary N) is 1. The Morgan fingerprint density at radius 3 is 2.52 bits per heavy atom. The maximum Gasteiger partial charge on any atom is 0.323 e. The summed E-state index contributed by atoms with van der Waals surface area (Å²) in [6, 6.07) is 3.72. The highest BCUT2D eigenvalue weighted by atomic mass is 19.2. The molecular weight excluding hydrogens is 282 g/mol. The van der Waals surface area contributed by atoms with E-state index in [0.29, 0.717) is 0 Å². The number of anilines is 3. The van der Waals surface area contributed by atoms with Crippen molar-refractivity contribution in [2.45, 2.75) is 20.0 Å². The number of nitrogens with zero attached hydrogens (tertiary/aromatic N) is 3. The Morgan fingerprint density at radius 2 is 1.86 bits per heavy atom. The highest BCUT2D eigenvalue weighted by Crippen LogP contribution is 2.21. The van der Waals surface area contributed by atoms with Crippen LogP contribution in [0.25, 0.3) is 0 Å². The lowest BCUT2D eigenvalue weighted by Crippen LogP contribution is -2.15. The van der Waals surface area contributed by atoms with E-state index in [1.54, 1.807) is 13.8 Å². The second-order valence-corrected chi connectivity index (χ2v) is 4.30. The summed E-state index contributed by atoms with van der Waals surface area (Å²) in [7, 11) is 0. The lowest BCUT2D eigenvalue weighted by atomic mass is 10.3. The Bertz CT molecular complexity index is 637. The van der Waals surface area contributed by atoms with Gasteiger partial charge in [-0.1, -0.05) is 6.07 Å². The predicted octanol–water partition coefficient (Wildman–Crippen LogP) is 1.97. The summed E-state index contributed by atoms with van der Waals surface area (Å²) in [5.74, 6) is 3.23. The van der Waals surface area contributed by atoms with Crippen LogP contribution in [-0.4, -0.2) is 21.1 Å². The number of nitrogens with one attached hydrogen (secondary N) is 2. The zero-order valence-electron chi connectivity index (χ0n) is 11.4. The van der Waals surface area contributed by atoms with Gasteiger partial charge in [0.15, 0.2) is 11.6 Å². The lowest BCUT2D eigenvalue weighted by Gasteiger charge is -2.11. The number of hydrazine groups is 1. The van der Waals surface area contributed by atoms with Crippen LogP contribution in [0.2, 0.25) is 0 Å². The number of aromatic nitrogens is 3. The third-order valence-corrected chi connectivity index (χ3v) is 2.28. The lowest BCUT2D eigenvalue weighted by molar-refractivity contribution is 0.222.